The zero-order chi connectivity index (χ0) is 15.2. The quantitative estimate of drug-likeness (QED) is 0.816. The Labute approximate surface area is 133 Å². The molecule has 2 rings (SSSR count). The summed E-state index contributed by atoms with van der Waals surface area (Å²) in [5.41, 5.74) is 1.18. The minimum absolute atomic E-state index is 0.381. The summed E-state index contributed by atoms with van der Waals surface area (Å²) in [5, 5.41) is 0.696. The zero-order valence-electron chi connectivity index (χ0n) is 13.3. The highest BCUT2D eigenvalue weighted by molar-refractivity contribution is 6.32. The molecule has 0 radical (unpaired) electrons. The second-order valence-corrected chi connectivity index (χ2v) is 6.56. The molecule has 1 saturated heterocycles. The third-order valence-corrected chi connectivity index (χ3v) is 4.20. The predicted molar refractivity (Wildman–Crippen MR) is 86.5 cm³/mol. The molecule has 21 heavy (non-hydrogen) atoms. The molecular formula is C17H27ClNO2+. The van der Waals surface area contributed by atoms with Crippen molar-refractivity contribution in [3.8, 4) is 5.75 Å². The average Bonchev–Trinajstić information content (AvgIpc) is 2.41. The van der Waals surface area contributed by atoms with Gasteiger partial charge in [-0.15, -0.1) is 0 Å². The maximum absolute atomic E-state index is 6.12. The maximum Gasteiger partial charge on any atom is 0.138 e. The van der Waals surface area contributed by atoms with Gasteiger partial charge in [-0.2, -0.15) is 0 Å². The van der Waals surface area contributed by atoms with Gasteiger partial charge in [-0.05, 0) is 51.3 Å². The van der Waals surface area contributed by atoms with Gasteiger partial charge in [-0.3, -0.25) is 0 Å². The minimum Gasteiger partial charge on any atom is -0.492 e. The van der Waals surface area contributed by atoms with E-state index in [9.17, 15) is 0 Å². The zero-order valence-corrected chi connectivity index (χ0v) is 14.1. The molecule has 118 valence electrons. The number of quaternary nitrogens is 1. The Bertz CT molecular complexity index is 442. The maximum atomic E-state index is 6.12. The number of rotatable bonds is 6. The Balaban J connectivity index is 1.65. The Kier molecular flexibility index (Phi) is 6.34. The van der Waals surface area contributed by atoms with Gasteiger partial charge in [0.2, 0.25) is 0 Å². The standard InChI is InChI=1S/C17H26ClNO2/c1-13-6-7-16(18)17(10-13)20-9-5-4-8-19-11-14(2)21-15(3)12-19/h6-7,10,14-15H,4-5,8-9,11-12H2,1-3H3/p+1/t14-,15-/m0/s1. The van der Waals surface area contributed by atoms with E-state index >= 15 is 0 Å². The molecule has 0 unspecified atom stereocenters. The van der Waals surface area contributed by atoms with Crippen LogP contribution in [0.15, 0.2) is 18.2 Å². The van der Waals surface area contributed by atoms with Gasteiger partial charge in [0.1, 0.15) is 31.0 Å². The number of unbranched alkanes of at least 4 members (excludes halogenated alkanes) is 1. The van der Waals surface area contributed by atoms with Crippen LogP contribution >= 0.6 is 11.6 Å². The smallest absolute Gasteiger partial charge is 0.138 e. The van der Waals surface area contributed by atoms with Crippen LogP contribution in [0.25, 0.3) is 0 Å². The van der Waals surface area contributed by atoms with Crippen LogP contribution in [0.4, 0.5) is 0 Å². The summed E-state index contributed by atoms with van der Waals surface area (Å²) in [7, 11) is 0. The molecule has 0 aromatic heterocycles. The van der Waals surface area contributed by atoms with Gasteiger partial charge in [0.05, 0.1) is 18.2 Å². The SMILES string of the molecule is Cc1ccc(Cl)c(OCCCC[NH+]2C[C@H](C)O[C@@H](C)C2)c1. The van der Waals surface area contributed by atoms with Crippen LogP contribution < -0.4 is 9.64 Å². The number of ether oxygens (including phenoxy) is 2. The molecule has 0 spiro atoms. The Morgan fingerprint density at radius 3 is 2.67 bits per heavy atom. The molecule has 1 N–H and O–H groups in total. The van der Waals surface area contributed by atoms with Crippen LogP contribution in [0, 0.1) is 6.92 Å². The monoisotopic (exact) mass is 312 g/mol. The highest BCUT2D eigenvalue weighted by atomic mass is 35.5. The first kappa shape index (κ1) is 16.6. The summed E-state index contributed by atoms with van der Waals surface area (Å²) in [5.74, 6) is 0.803. The van der Waals surface area contributed by atoms with Gasteiger partial charge in [0.25, 0.3) is 0 Å². The van der Waals surface area contributed by atoms with E-state index in [0.29, 0.717) is 17.2 Å². The molecule has 1 aliphatic rings. The fourth-order valence-corrected chi connectivity index (χ4v) is 3.15. The van der Waals surface area contributed by atoms with E-state index in [1.54, 1.807) is 4.90 Å². The predicted octanol–water partition coefficient (Wildman–Crippen LogP) is 2.50. The van der Waals surface area contributed by atoms with Gasteiger partial charge in [0.15, 0.2) is 0 Å². The summed E-state index contributed by atoms with van der Waals surface area (Å²) in [6.07, 6.45) is 3.01. The Morgan fingerprint density at radius 2 is 1.95 bits per heavy atom. The van der Waals surface area contributed by atoms with Crippen molar-refractivity contribution in [1.82, 2.24) is 0 Å². The second kappa shape index (κ2) is 8.02. The molecule has 0 aliphatic carbocycles. The Hall–Kier alpha value is -0.770. The van der Waals surface area contributed by atoms with E-state index in [4.69, 9.17) is 21.1 Å². The van der Waals surface area contributed by atoms with E-state index < -0.39 is 0 Å². The van der Waals surface area contributed by atoms with Crippen molar-refractivity contribution < 1.29 is 14.4 Å². The van der Waals surface area contributed by atoms with Crippen molar-refractivity contribution in [3.63, 3.8) is 0 Å². The lowest BCUT2D eigenvalue weighted by Crippen LogP contribution is -3.15. The van der Waals surface area contributed by atoms with Crippen molar-refractivity contribution in [1.29, 1.82) is 0 Å². The van der Waals surface area contributed by atoms with Crippen LogP contribution in [0.1, 0.15) is 32.3 Å². The number of aryl methyl sites for hydroxylation is 1. The summed E-state index contributed by atoms with van der Waals surface area (Å²) >= 11 is 6.12. The van der Waals surface area contributed by atoms with Crippen molar-refractivity contribution in [2.75, 3.05) is 26.2 Å². The first-order valence-corrected chi connectivity index (χ1v) is 8.30. The summed E-state index contributed by atoms with van der Waals surface area (Å²) < 4.78 is 11.5. The molecule has 4 heteroatoms. The highest BCUT2D eigenvalue weighted by Crippen LogP contribution is 2.25. The summed E-state index contributed by atoms with van der Waals surface area (Å²) in [6, 6.07) is 5.89. The number of benzene rings is 1. The van der Waals surface area contributed by atoms with E-state index in [1.807, 2.05) is 25.1 Å². The van der Waals surface area contributed by atoms with Crippen LogP contribution in [0.5, 0.6) is 5.75 Å². The van der Waals surface area contributed by atoms with Crippen molar-refractivity contribution >= 4 is 11.6 Å². The van der Waals surface area contributed by atoms with Crippen molar-refractivity contribution in [3.05, 3.63) is 28.8 Å². The van der Waals surface area contributed by atoms with Gasteiger partial charge < -0.3 is 14.4 Å². The topological polar surface area (TPSA) is 22.9 Å². The fraction of sp³-hybridized carbons (Fsp3) is 0.647. The van der Waals surface area contributed by atoms with E-state index in [0.717, 1.165) is 31.9 Å². The molecule has 0 bridgehead atoms. The van der Waals surface area contributed by atoms with Gasteiger partial charge in [0, 0.05) is 0 Å². The summed E-state index contributed by atoms with van der Waals surface area (Å²) in [6.45, 7) is 10.6. The third kappa shape index (κ3) is 5.50. The molecule has 1 aromatic carbocycles. The normalized spacial score (nSPS) is 25.8. The molecule has 0 amide bonds. The Morgan fingerprint density at radius 1 is 1.24 bits per heavy atom. The van der Waals surface area contributed by atoms with Crippen molar-refractivity contribution in [2.45, 2.75) is 45.8 Å². The van der Waals surface area contributed by atoms with Gasteiger partial charge >= 0.3 is 0 Å². The lowest BCUT2D eigenvalue weighted by atomic mass is 10.2. The lowest BCUT2D eigenvalue weighted by molar-refractivity contribution is -0.915. The summed E-state index contributed by atoms with van der Waals surface area (Å²) in [4.78, 5) is 1.65. The van der Waals surface area contributed by atoms with E-state index in [1.165, 1.54) is 18.5 Å². The van der Waals surface area contributed by atoms with Crippen LogP contribution in [-0.4, -0.2) is 38.4 Å². The fourth-order valence-electron chi connectivity index (χ4n) is 2.97. The average molecular weight is 313 g/mol. The number of hydrogen-bond acceptors (Lipinski definition) is 2. The molecule has 0 saturated carbocycles. The largest absolute Gasteiger partial charge is 0.492 e. The first-order valence-electron chi connectivity index (χ1n) is 7.92. The number of halogens is 1. The minimum atomic E-state index is 0.381. The third-order valence-electron chi connectivity index (χ3n) is 3.89. The lowest BCUT2D eigenvalue weighted by Gasteiger charge is -2.32. The molecule has 3 nitrogen and oxygen atoms in total. The van der Waals surface area contributed by atoms with Gasteiger partial charge in [-0.25, -0.2) is 0 Å². The second-order valence-electron chi connectivity index (χ2n) is 6.16. The van der Waals surface area contributed by atoms with Crippen LogP contribution in [0.2, 0.25) is 5.02 Å². The van der Waals surface area contributed by atoms with E-state index in [2.05, 4.69) is 13.8 Å². The molecule has 1 fully saturated rings. The van der Waals surface area contributed by atoms with Crippen LogP contribution in [-0.2, 0) is 4.74 Å². The molecule has 1 aromatic rings. The first-order chi connectivity index (χ1) is 10.0. The van der Waals surface area contributed by atoms with Crippen molar-refractivity contribution in [2.24, 2.45) is 0 Å². The number of hydrogen-bond donors (Lipinski definition) is 1. The van der Waals surface area contributed by atoms with Gasteiger partial charge in [-0.1, -0.05) is 17.7 Å². The number of nitrogens with one attached hydrogen (secondary N) is 1. The van der Waals surface area contributed by atoms with Crippen LogP contribution in [0.3, 0.4) is 0 Å². The highest BCUT2D eigenvalue weighted by Gasteiger charge is 2.24. The van der Waals surface area contributed by atoms with E-state index in [-0.39, 0.29) is 0 Å². The molecule has 2 atom stereocenters. The molecule has 1 heterocycles. The molecular weight excluding hydrogens is 286 g/mol. The number of morpholine rings is 1. The molecule has 1 aliphatic heterocycles.